The number of hydrogen-bond acceptors (Lipinski definition) is 2. The Hall–Kier alpha value is -0.340. The minimum atomic E-state index is 0.725. The maximum atomic E-state index is 3.74. The van der Waals surface area contributed by atoms with Crippen molar-refractivity contribution in [1.29, 1.82) is 0 Å². The van der Waals surface area contributed by atoms with Crippen molar-refractivity contribution in [3.63, 3.8) is 0 Å². The molecule has 0 spiro atoms. The van der Waals surface area contributed by atoms with E-state index in [1.165, 1.54) is 75.6 Å². The average molecular weight is 296 g/mol. The third-order valence-electron chi connectivity index (χ3n) is 3.91. The van der Waals surface area contributed by atoms with Gasteiger partial charge in [0, 0.05) is 10.9 Å². The summed E-state index contributed by atoms with van der Waals surface area (Å²) in [6, 6.07) is 5.16. The van der Waals surface area contributed by atoms with E-state index in [-0.39, 0.29) is 0 Å². The van der Waals surface area contributed by atoms with Gasteiger partial charge < -0.3 is 5.32 Å². The van der Waals surface area contributed by atoms with E-state index in [1.807, 2.05) is 11.3 Å². The van der Waals surface area contributed by atoms with Crippen LogP contribution in [-0.2, 0) is 6.42 Å². The van der Waals surface area contributed by atoms with E-state index in [1.54, 1.807) is 0 Å². The fourth-order valence-electron chi connectivity index (χ4n) is 2.64. The molecule has 0 aliphatic carbocycles. The molecule has 0 fully saturated rings. The number of hydrogen-bond donors (Lipinski definition) is 1. The van der Waals surface area contributed by atoms with Gasteiger partial charge in [0.15, 0.2) is 0 Å². The predicted molar refractivity (Wildman–Crippen MR) is 92.7 cm³/mol. The highest BCUT2D eigenvalue weighted by molar-refractivity contribution is 7.09. The zero-order chi connectivity index (χ0) is 14.5. The van der Waals surface area contributed by atoms with Crippen LogP contribution < -0.4 is 5.32 Å². The molecule has 0 saturated heterocycles. The second kappa shape index (κ2) is 12.4. The summed E-state index contributed by atoms with van der Waals surface area (Å²) in [6.45, 7) is 5.72. The molecule has 1 aromatic heterocycles. The Morgan fingerprint density at radius 3 is 2.50 bits per heavy atom. The standard InChI is InChI=1S/C18H33NS/c1-3-5-6-7-8-9-11-17(19-15-4-2)13-14-18-12-10-16-20-18/h10,12,16-17,19H,3-9,11,13-15H2,1-2H3. The van der Waals surface area contributed by atoms with Crippen molar-refractivity contribution in [3.05, 3.63) is 22.4 Å². The van der Waals surface area contributed by atoms with Gasteiger partial charge in [0.25, 0.3) is 0 Å². The first kappa shape index (κ1) is 17.7. The maximum absolute atomic E-state index is 3.74. The van der Waals surface area contributed by atoms with Crippen LogP contribution in [0.2, 0.25) is 0 Å². The lowest BCUT2D eigenvalue weighted by Crippen LogP contribution is -2.30. The summed E-state index contributed by atoms with van der Waals surface area (Å²) in [5, 5.41) is 5.93. The molecule has 1 aromatic rings. The molecule has 0 amide bonds. The van der Waals surface area contributed by atoms with Gasteiger partial charge in [0.2, 0.25) is 0 Å². The molecule has 1 unspecified atom stereocenters. The number of thiophene rings is 1. The Bertz CT molecular complexity index is 294. The van der Waals surface area contributed by atoms with Gasteiger partial charge in [-0.25, -0.2) is 0 Å². The van der Waals surface area contributed by atoms with Crippen LogP contribution in [0.25, 0.3) is 0 Å². The first-order chi connectivity index (χ1) is 9.86. The fraction of sp³-hybridized carbons (Fsp3) is 0.778. The molecule has 1 atom stereocenters. The Morgan fingerprint density at radius 2 is 1.80 bits per heavy atom. The van der Waals surface area contributed by atoms with Gasteiger partial charge in [-0.15, -0.1) is 11.3 Å². The summed E-state index contributed by atoms with van der Waals surface area (Å²) in [5.41, 5.74) is 0. The summed E-state index contributed by atoms with van der Waals surface area (Å²) < 4.78 is 0. The highest BCUT2D eigenvalue weighted by atomic mass is 32.1. The van der Waals surface area contributed by atoms with Crippen LogP contribution in [-0.4, -0.2) is 12.6 Å². The molecular formula is C18H33NS. The smallest absolute Gasteiger partial charge is 0.00705 e. The monoisotopic (exact) mass is 295 g/mol. The van der Waals surface area contributed by atoms with Crippen LogP contribution >= 0.6 is 11.3 Å². The third kappa shape index (κ3) is 8.76. The lowest BCUT2D eigenvalue weighted by Gasteiger charge is -2.18. The van der Waals surface area contributed by atoms with Gasteiger partial charge in [0.1, 0.15) is 0 Å². The van der Waals surface area contributed by atoms with E-state index in [0.29, 0.717) is 0 Å². The minimum Gasteiger partial charge on any atom is -0.314 e. The van der Waals surface area contributed by atoms with E-state index < -0.39 is 0 Å². The largest absolute Gasteiger partial charge is 0.314 e. The fourth-order valence-corrected chi connectivity index (χ4v) is 3.36. The van der Waals surface area contributed by atoms with E-state index >= 15 is 0 Å². The van der Waals surface area contributed by atoms with Crippen molar-refractivity contribution in [2.45, 2.75) is 84.1 Å². The lowest BCUT2D eigenvalue weighted by molar-refractivity contribution is 0.431. The van der Waals surface area contributed by atoms with Gasteiger partial charge in [-0.2, -0.15) is 0 Å². The molecular weight excluding hydrogens is 262 g/mol. The van der Waals surface area contributed by atoms with Crippen LogP contribution in [0.4, 0.5) is 0 Å². The second-order valence-electron chi connectivity index (χ2n) is 5.83. The highest BCUT2D eigenvalue weighted by Gasteiger charge is 2.08. The van der Waals surface area contributed by atoms with Crippen molar-refractivity contribution < 1.29 is 0 Å². The molecule has 1 rings (SSSR count). The summed E-state index contributed by atoms with van der Waals surface area (Å²) in [4.78, 5) is 1.54. The van der Waals surface area contributed by atoms with Crippen LogP contribution in [0.5, 0.6) is 0 Å². The molecule has 0 bridgehead atoms. The van der Waals surface area contributed by atoms with Gasteiger partial charge in [-0.05, 0) is 43.7 Å². The Balaban J connectivity index is 2.14. The summed E-state index contributed by atoms with van der Waals surface area (Å²) >= 11 is 1.90. The molecule has 1 heterocycles. The van der Waals surface area contributed by atoms with Crippen LogP contribution in [0.3, 0.4) is 0 Å². The van der Waals surface area contributed by atoms with Gasteiger partial charge in [0.05, 0.1) is 0 Å². The van der Waals surface area contributed by atoms with Crippen molar-refractivity contribution in [2.75, 3.05) is 6.54 Å². The number of rotatable bonds is 13. The highest BCUT2D eigenvalue weighted by Crippen LogP contribution is 2.15. The molecule has 1 N–H and O–H groups in total. The zero-order valence-electron chi connectivity index (χ0n) is 13.5. The predicted octanol–water partition coefficient (Wildman–Crippen LogP) is 5.80. The molecule has 0 saturated carbocycles. The second-order valence-corrected chi connectivity index (χ2v) is 6.86. The van der Waals surface area contributed by atoms with Gasteiger partial charge >= 0.3 is 0 Å². The molecule has 116 valence electrons. The van der Waals surface area contributed by atoms with Crippen molar-refractivity contribution in [3.8, 4) is 0 Å². The van der Waals surface area contributed by atoms with Crippen LogP contribution in [0.15, 0.2) is 17.5 Å². The molecule has 2 heteroatoms. The van der Waals surface area contributed by atoms with Gasteiger partial charge in [-0.1, -0.05) is 58.4 Å². The summed E-state index contributed by atoms with van der Waals surface area (Å²) in [7, 11) is 0. The third-order valence-corrected chi connectivity index (χ3v) is 4.84. The molecule has 20 heavy (non-hydrogen) atoms. The normalized spacial score (nSPS) is 12.7. The topological polar surface area (TPSA) is 12.0 Å². The van der Waals surface area contributed by atoms with E-state index in [0.717, 1.165) is 6.04 Å². The maximum Gasteiger partial charge on any atom is 0.00705 e. The summed E-state index contributed by atoms with van der Waals surface area (Å²) in [5.74, 6) is 0. The quantitative estimate of drug-likeness (QED) is 0.453. The molecule has 0 radical (unpaired) electrons. The zero-order valence-corrected chi connectivity index (χ0v) is 14.3. The molecule has 0 aliphatic heterocycles. The van der Waals surface area contributed by atoms with Crippen molar-refractivity contribution in [2.24, 2.45) is 0 Å². The van der Waals surface area contributed by atoms with Gasteiger partial charge in [-0.3, -0.25) is 0 Å². The molecule has 1 nitrogen and oxygen atoms in total. The average Bonchev–Trinajstić information content (AvgIpc) is 2.98. The Labute approximate surface area is 130 Å². The first-order valence-electron chi connectivity index (χ1n) is 8.62. The number of aryl methyl sites for hydroxylation is 1. The lowest BCUT2D eigenvalue weighted by atomic mass is 10.0. The van der Waals surface area contributed by atoms with Crippen molar-refractivity contribution in [1.82, 2.24) is 5.32 Å². The van der Waals surface area contributed by atoms with E-state index in [9.17, 15) is 0 Å². The van der Waals surface area contributed by atoms with Crippen molar-refractivity contribution >= 4 is 11.3 Å². The minimum absolute atomic E-state index is 0.725. The van der Waals surface area contributed by atoms with E-state index in [4.69, 9.17) is 0 Å². The van der Waals surface area contributed by atoms with E-state index in [2.05, 4.69) is 36.7 Å². The summed E-state index contributed by atoms with van der Waals surface area (Å²) in [6.07, 6.45) is 13.6. The first-order valence-corrected chi connectivity index (χ1v) is 9.50. The molecule has 0 aliphatic rings. The Kier molecular flexibility index (Phi) is 11.0. The Morgan fingerprint density at radius 1 is 1.00 bits per heavy atom. The molecule has 0 aromatic carbocycles. The van der Waals surface area contributed by atoms with Crippen LogP contribution in [0, 0.1) is 0 Å². The number of nitrogens with one attached hydrogen (secondary N) is 1. The van der Waals surface area contributed by atoms with Crippen LogP contribution in [0.1, 0.15) is 76.5 Å². The SMILES string of the molecule is CCCCCCCCC(CCc1cccs1)NCCC. The number of unbranched alkanes of at least 4 members (excludes halogenated alkanes) is 5.